The number of hydrogen-bond donors (Lipinski definition) is 0. The summed E-state index contributed by atoms with van der Waals surface area (Å²) < 4.78 is 19.2. The van der Waals surface area contributed by atoms with Gasteiger partial charge in [0.2, 0.25) is 0 Å². The summed E-state index contributed by atoms with van der Waals surface area (Å²) >= 11 is 0. The van der Waals surface area contributed by atoms with Gasteiger partial charge in [0.25, 0.3) is 0 Å². The normalized spacial score (nSPS) is 24.0. The molecule has 5 rings (SSSR count). The standard InChI is InChI=1S/C26H29FN2O2/c1-25(2,3)31-24(30)29-15-21(26(16-29)12-13-26)22-14-18-6-4-5-7-20(18)23(28-22)17-8-10-19(27)11-9-17/h4-11,21-22H,12-16H2,1-3H3. The summed E-state index contributed by atoms with van der Waals surface area (Å²) in [6.07, 6.45) is 2.92. The van der Waals surface area contributed by atoms with E-state index in [4.69, 9.17) is 9.73 Å². The summed E-state index contributed by atoms with van der Waals surface area (Å²) in [5.74, 6) is 0.0644. The Morgan fingerprint density at radius 1 is 1.13 bits per heavy atom. The predicted molar refractivity (Wildman–Crippen MR) is 119 cm³/mol. The van der Waals surface area contributed by atoms with Crippen LogP contribution in [0.25, 0.3) is 0 Å². The van der Waals surface area contributed by atoms with Crippen molar-refractivity contribution in [3.63, 3.8) is 0 Å². The molecule has 2 aromatic rings. The van der Waals surface area contributed by atoms with Gasteiger partial charge in [-0.3, -0.25) is 4.99 Å². The molecule has 2 atom stereocenters. The lowest BCUT2D eigenvalue weighted by Crippen LogP contribution is -2.37. The second kappa shape index (κ2) is 7.18. The Morgan fingerprint density at radius 2 is 1.84 bits per heavy atom. The number of amides is 1. The lowest BCUT2D eigenvalue weighted by molar-refractivity contribution is 0.0281. The Morgan fingerprint density at radius 3 is 2.52 bits per heavy atom. The van der Waals surface area contributed by atoms with E-state index in [9.17, 15) is 9.18 Å². The molecule has 2 fully saturated rings. The summed E-state index contributed by atoms with van der Waals surface area (Å²) in [7, 11) is 0. The maximum atomic E-state index is 13.5. The van der Waals surface area contributed by atoms with Crippen LogP contribution < -0.4 is 0 Å². The first-order chi connectivity index (χ1) is 14.7. The van der Waals surface area contributed by atoms with Crippen molar-refractivity contribution in [3.8, 4) is 0 Å². The highest BCUT2D eigenvalue weighted by molar-refractivity contribution is 6.14. The van der Waals surface area contributed by atoms with Crippen molar-refractivity contribution in [2.75, 3.05) is 13.1 Å². The minimum atomic E-state index is -0.496. The quantitative estimate of drug-likeness (QED) is 0.667. The zero-order valence-corrected chi connectivity index (χ0v) is 18.4. The van der Waals surface area contributed by atoms with E-state index in [0.29, 0.717) is 12.5 Å². The van der Waals surface area contributed by atoms with Gasteiger partial charge in [-0.25, -0.2) is 9.18 Å². The molecule has 1 spiro atoms. The van der Waals surface area contributed by atoms with Crippen LogP contribution in [-0.4, -0.2) is 41.4 Å². The predicted octanol–water partition coefficient (Wildman–Crippen LogP) is 5.23. The van der Waals surface area contributed by atoms with Crippen molar-refractivity contribution in [1.29, 1.82) is 0 Å². The van der Waals surface area contributed by atoms with Gasteiger partial charge < -0.3 is 9.64 Å². The van der Waals surface area contributed by atoms with Crippen molar-refractivity contribution >= 4 is 11.8 Å². The molecular formula is C26H29FN2O2. The Kier molecular flexibility index (Phi) is 4.68. The highest BCUT2D eigenvalue weighted by atomic mass is 19.1. The molecule has 2 aliphatic heterocycles. The summed E-state index contributed by atoms with van der Waals surface area (Å²) in [5.41, 5.74) is 3.92. The number of likely N-dealkylation sites (tertiary alicyclic amines) is 1. The fraction of sp³-hybridized carbons (Fsp3) is 0.462. The van der Waals surface area contributed by atoms with Gasteiger partial charge in [-0.15, -0.1) is 0 Å². The highest BCUT2D eigenvalue weighted by Gasteiger charge is 2.58. The van der Waals surface area contributed by atoms with E-state index in [-0.39, 0.29) is 23.4 Å². The van der Waals surface area contributed by atoms with Gasteiger partial charge in [0.1, 0.15) is 11.4 Å². The van der Waals surface area contributed by atoms with Gasteiger partial charge >= 0.3 is 6.09 Å². The monoisotopic (exact) mass is 420 g/mol. The fourth-order valence-electron chi connectivity index (χ4n) is 5.18. The lowest BCUT2D eigenvalue weighted by Gasteiger charge is -2.30. The molecule has 2 heterocycles. The number of fused-ring (bicyclic) bond motifs is 1. The van der Waals surface area contributed by atoms with Crippen LogP contribution in [0.5, 0.6) is 0 Å². The molecule has 0 aromatic heterocycles. The van der Waals surface area contributed by atoms with Crippen LogP contribution >= 0.6 is 0 Å². The number of ether oxygens (including phenoxy) is 1. The minimum absolute atomic E-state index is 0.102. The second-order valence-corrected chi connectivity index (χ2v) is 10.2. The molecule has 0 N–H and O–H groups in total. The number of carbonyl (C=O) groups is 1. The van der Waals surface area contributed by atoms with Crippen LogP contribution in [-0.2, 0) is 11.2 Å². The van der Waals surface area contributed by atoms with Crippen LogP contribution in [0.15, 0.2) is 53.5 Å². The number of rotatable bonds is 2. The molecule has 4 nitrogen and oxygen atoms in total. The second-order valence-electron chi connectivity index (χ2n) is 10.2. The van der Waals surface area contributed by atoms with Gasteiger partial charge in [-0.1, -0.05) is 24.3 Å². The summed E-state index contributed by atoms with van der Waals surface area (Å²) in [6.45, 7) is 7.15. The largest absolute Gasteiger partial charge is 0.444 e. The van der Waals surface area contributed by atoms with Crippen molar-refractivity contribution < 1.29 is 13.9 Å². The van der Waals surface area contributed by atoms with E-state index < -0.39 is 5.60 Å². The number of aliphatic imine (C=N–C) groups is 1. The SMILES string of the molecule is CC(C)(C)OC(=O)N1CC(C2Cc3ccccc3C(c3ccc(F)cc3)=N2)C2(CC2)C1. The molecule has 31 heavy (non-hydrogen) atoms. The van der Waals surface area contributed by atoms with E-state index in [1.54, 1.807) is 0 Å². The zero-order chi connectivity index (χ0) is 21.8. The molecule has 1 aliphatic carbocycles. The van der Waals surface area contributed by atoms with E-state index >= 15 is 0 Å². The molecule has 0 radical (unpaired) electrons. The van der Waals surface area contributed by atoms with Crippen LogP contribution in [0.4, 0.5) is 9.18 Å². The smallest absolute Gasteiger partial charge is 0.410 e. The van der Waals surface area contributed by atoms with Crippen LogP contribution in [0.1, 0.15) is 50.3 Å². The number of halogens is 1. The van der Waals surface area contributed by atoms with E-state index in [1.807, 2.05) is 43.9 Å². The average Bonchev–Trinajstić information content (AvgIpc) is 3.38. The molecule has 1 saturated carbocycles. The third-order valence-electron chi connectivity index (χ3n) is 6.83. The zero-order valence-electron chi connectivity index (χ0n) is 18.4. The average molecular weight is 421 g/mol. The number of nitrogens with zero attached hydrogens (tertiary/aromatic N) is 2. The summed E-state index contributed by atoms with van der Waals surface area (Å²) in [4.78, 5) is 19.9. The minimum Gasteiger partial charge on any atom is -0.444 e. The Bertz CT molecular complexity index is 1030. The molecule has 2 aromatic carbocycles. The first kappa shape index (κ1) is 20.2. The molecule has 0 bridgehead atoms. The van der Waals surface area contributed by atoms with Crippen molar-refractivity contribution in [3.05, 3.63) is 71.0 Å². The fourth-order valence-corrected chi connectivity index (χ4v) is 5.18. The summed E-state index contributed by atoms with van der Waals surface area (Å²) in [6, 6.07) is 15.1. The van der Waals surface area contributed by atoms with Gasteiger partial charge in [0, 0.05) is 30.1 Å². The number of carbonyl (C=O) groups excluding carboxylic acids is 1. The maximum Gasteiger partial charge on any atom is 0.410 e. The summed E-state index contributed by atoms with van der Waals surface area (Å²) in [5, 5.41) is 0. The van der Waals surface area contributed by atoms with Crippen molar-refractivity contribution in [2.45, 2.75) is 51.7 Å². The molecule has 3 aliphatic rings. The first-order valence-electron chi connectivity index (χ1n) is 11.1. The van der Waals surface area contributed by atoms with E-state index in [2.05, 4.69) is 18.2 Å². The van der Waals surface area contributed by atoms with Crippen LogP contribution in [0.2, 0.25) is 0 Å². The third kappa shape index (κ3) is 3.86. The van der Waals surface area contributed by atoms with Crippen molar-refractivity contribution in [2.24, 2.45) is 16.3 Å². The Labute approximate surface area is 183 Å². The number of hydrogen-bond acceptors (Lipinski definition) is 3. The van der Waals surface area contributed by atoms with Crippen molar-refractivity contribution in [1.82, 2.24) is 4.90 Å². The molecule has 1 amide bonds. The lowest BCUT2D eigenvalue weighted by atomic mass is 9.80. The topological polar surface area (TPSA) is 41.9 Å². The molecule has 162 valence electrons. The Hall–Kier alpha value is -2.69. The van der Waals surface area contributed by atoms with Crippen LogP contribution in [0.3, 0.4) is 0 Å². The Balaban J connectivity index is 1.47. The van der Waals surface area contributed by atoms with Gasteiger partial charge in [0.05, 0.1) is 11.8 Å². The first-order valence-corrected chi connectivity index (χ1v) is 11.1. The van der Waals surface area contributed by atoms with Crippen LogP contribution in [0, 0.1) is 17.2 Å². The molecule has 2 unspecified atom stereocenters. The highest BCUT2D eigenvalue weighted by Crippen LogP contribution is 2.58. The maximum absolute atomic E-state index is 13.5. The molecule has 1 saturated heterocycles. The molecular weight excluding hydrogens is 391 g/mol. The van der Waals surface area contributed by atoms with E-state index in [1.165, 1.54) is 17.7 Å². The number of benzene rings is 2. The molecule has 5 heteroatoms. The van der Waals surface area contributed by atoms with E-state index in [0.717, 1.165) is 42.6 Å². The van der Waals surface area contributed by atoms with Gasteiger partial charge in [-0.05, 0) is 75.3 Å². The van der Waals surface area contributed by atoms with Gasteiger partial charge in [0.15, 0.2) is 0 Å². The van der Waals surface area contributed by atoms with Gasteiger partial charge in [-0.2, -0.15) is 0 Å². The third-order valence-corrected chi connectivity index (χ3v) is 6.83.